The zero-order valence-electron chi connectivity index (χ0n) is 17.2. The Morgan fingerprint density at radius 1 is 1.19 bits per heavy atom. The quantitative estimate of drug-likeness (QED) is 0.426. The molecule has 9 heteroatoms. The van der Waals surface area contributed by atoms with E-state index >= 15 is 0 Å². The second-order valence-electron chi connectivity index (χ2n) is 6.84. The van der Waals surface area contributed by atoms with Crippen molar-refractivity contribution in [2.45, 2.75) is 26.3 Å². The van der Waals surface area contributed by atoms with E-state index < -0.39 is 5.91 Å². The van der Waals surface area contributed by atoms with Crippen LogP contribution in [0.2, 0.25) is 5.02 Å². The molecule has 3 N–H and O–H groups in total. The van der Waals surface area contributed by atoms with Gasteiger partial charge in [-0.3, -0.25) is 14.9 Å². The lowest BCUT2D eigenvalue weighted by Crippen LogP contribution is -2.35. The number of carbonyl (C=O) groups is 2. The molecule has 0 aliphatic carbocycles. The minimum absolute atomic E-state index is 0.0425. The minimum atomic E-state index is -0.427. The van der Waals surface area contributed by atoms with Crippen LogP contribution in [0.1, 0.15) is 40.3 Å². The summed E-state index contributed by atoms with van der Waals surface area (Å²) in [5.41, 5.74) is 0.937. The number of nitrogens with one attached hydrogen (secondary N) is 3. The zero-order chi connectivity index (χ0) is 22.5. The van der Waals surface area contributed by atoms with Crippen LogP contribution < -0.4 is 20.7 Å². The minimum Gasteiger partial charge on any atom is -0.497 e. The molecule has 0 bridgehead atoms. The molecule has 0 saturated carbocycles. The van der Waals surface area contributed by atoms with Crippen LogP contribution in [0.3, 0.4) is 0 Å². The maximum atomic E-state index is 12.8. The second kappa shape index (κ2) is 10.1. The average Bonchev–Trinajstić information content (AvgIpc) is 3.09. The van der Waals surface area contributed by atoms with Crippen molar-refractivity contribution in [2.75, 3.05) is 12.4 Å². The molecule has 0 spiro atoms. The van der Waals surface area contributed by atoms with Gasteiger partial charge < -0.3 is 15.4 Å². The predicted molar refractivity (Wildman–Crippen MR) is 131 cm³/mol. The number of ether oxygens (including phenoxy) is 1. The highest BCUT2D eigenvalue weighted by Crippen LogP contribution is 2.37. The van der Waals surface area contributed by atoms with E-state index in [1.54, 1.807) is 37.4 Å². The van der Waals surface area contributed by atoms with Crippen LogP contribution >= 0.6 is 35.2 Å². The number of para-hydroxylation sites is 1. The first-order valence-corrected chi connectivity index (χ1v) is 11.2. The van der Waals surface area contributed by atoms with Gasteiger partial charge in [0.2, 0.25) is 0 Å². The first-order chi connectivity index (χ1) is 14.8. The van der Waals surface area contributed by atoms with Gasteiger partial charge in [-0.1, -0.05) is 30.7 Å². The van der Waals surface area contributed by atoms with Crippen LogP contribution in [-0.2, 0) is 0 Å². The molecule has 3 rings (SSSR count). The second-order valence-corrected chi connectivity index (χ2v) is 8.68. The SMILES string of the molecule is CCC(C)NC(=O)c1ccccc1NC(=S)NC(=O)c1sc2cc(OC)ccc2c1Cl. The van der Waals surface area contributed by atoms with E-state index in [0.717, 1.165) is 16.5 Å². The highest BCUT2D eigenvalue weighted by Gasteiger charge is 2.19. The fourth-order valence-corrected chi connectivity index (χ4v) is 4.47. The van der Waals surface area contributed by atoms with E-state index in [4.69, 9.17) is 28.6 Å². The predicted octanol–water partition coefficient (Wildman–Crippen LogP) is 5.22. The van der Waals surface area contributed by atoms with E-state index in [1.165, 1.54) is 11.3 Å². The van der Waals surface area contributed by atoms with Gasteiger partial charge in [-0.05, 0) is 55.9 Å². The van der Waals surface area contributed by atoms with Crippen molar-refractivity contribution < 1.29 is 14.3 Å². The average molecular weight is 476 g/mol. The molecule has 1 heterocycles. The lowest BCUT2D eigenvalue weighted by Gasteiger charge is -2.15. The summed E-state index contributed by atoms with van der Waals surface area (Å²) in [4.78, 5) is 25.7. The molecule has 1 unspecified atom stereocenters. The van der Waals surface area contributed by atoms with Crippen molar-refractivity contribution in [2.24, 2.45) is 0 Å². The highest BCUT2D eigenvalue weighted by atomic mass is 35.5. The smallest absolute Gasteiger partial charge is 0.269 e. The molecular weight excluding hydrogens is 454 g/mol. The van der Waals surface area contributed by atoms with Crippen LogP contribution in [0.15, 0.2) is 42.5 Å². The molecule has 0 radical (unpaired) electrons. The summed E-state index contributed by atoms with van der Waals surface area (Å²) in [6, 6.07) is 12.4. The third-order valence-electron chi connectivity index (χ3n) is 4.68. The lowest BCUT2D eigenvalue weighted by molar-refractivity contribution is 0.0939. The fourth-order valence-electron chi connectivity index (χ4n) is 2.83. The summed E-state index contributed by atoms with van der Waals surface area (Å²) in [7, 11) is 1.58. The number of carbonyl (C=O) groups excluding carboxylic acids is 2. The van der Waals surface area contributed by atoms with Crippen LogP contribution in [0.25, 0.3) is 10.1 Å². The number of methoxy groups -OCH3 is 1. The number of rotatable bonds is 6. The molecule has 2 amide bonds. The molecule has 6 nitrogen and oxygen atoms in total. The Kier molecular flexibility index (Phi) is 7.48. The Bertz CT molecular complexity index is 1150. The van der Waals surface area contributed by atoms with Crippen LogP contribution in [-0.4, -0.2) is 30.1 Å². The number of amides is 2. The van der Waals surface area contributed by atoms with Crippen molar-refractivity contribution in [1.82, 2.24) is 10.6 Å². The Morgan fingerprint density at radius 2 is 1.94 bits per heavy atom. The van der Waals surface area contributed by atoms with Crippen molar-refractivity contribution in [3.05, 3.63) is 57.9 Å². The van der Waals surface area contributed by atoms with Crippen molar-refractivity contribution in [3.8, 4) is 5.75 Å². The van der Waals surface area contributed by atoms with Gasteiger partial charge in [-0.2, -0.15) is 0 Å². The number of halogens is 1. The topological polar surface area (TPSA) is 79.5 Å². The van der Waals surface area contributed by atoms with Crippen LogP contribution in [0.5, 0.6) is 5.75 Å². The molecular formula is C22H22ClN3O3S2. The number of hydrogen-bond acceptors (Lipinski definition) is 5. The van der Waals surface area contributed by atoms with E-state index in [0.29, 0.717) is 26.9 Å². The molecule has 0 saturated heterocycles. The molecule has 162 valence electrons. The number of hydrogen-bond donors (Lipinski definition) is 3. The summed E-state index contributed by atoms with van der Waals surface area (Å²) in [5.74, 6) is 0.0408. The van der Waals surface area contributed by atoms with E-state index in [9.17, 15) is 9.59 Å². The third-order valence-corrected chi connectivity index (χ3v) is 6.54. The maximum absolute atomic E-state index is 12.8. The Morgan fingerprint density at radius 3 is 2.65 bits per heavy atom. The number of anilines is 1. The zero-order valence-corrected chi connectivity index (χ0v) is 19.6. The molecule has 0 aliphatic rings. The molecule has 2 aromatic carbocycles. The van der Waals surface area contributed by atoms with Gasteiger partial charge >= 0.3 is 0 Å². The highest BCUT2D eigenvalue weighted by molar-refractivity contribution is 7.80. The van der Waals surface area contributed by atoms with Crippen molar-refractivity contribution in [1.29, 1.82) is 0 Å². The number of thiocarbonyl (C=S) groups is 1. The van der Waals surface area contributed by atoms with E-state index in [2.05, 4.69) is 16.0 Å². The van der Waals surface area contributed by atoms with Gasteiger partial charge in [-0.25, -0.2) is 0 Å². The molecule has 3 aromatic rings. The Labute approximate surface area is 194 Å². The molecule has 0 aliphatic heterocycles. The first kappa shape index (κ1) is 23.0. The summed E-state index contributed by atoms with van der Waals surface area (Å²) in [6.07, 6.45) is 0.817. The lowest BCUT2D eigenvalue weighted by atomic mass is 10.1. The van der Waals surface area contributed by atoms with Gasteiger partial charge in [0, 0.05) is 16.1 Å². The maximum Gasteiger partial charge on any atom is 0.269 e. The largest absolute Gasteiger partial charge is 0.497 e. The Balaban J connectivity index is 1.75. The standard InChI is InChI=1S/C22H22ClN3O3S2/c1-4-12(2)24-20(27)14-7-5-6-8-16(14)25-22(30)26-21(28)19-18(23)15-10-9-13(29-3)11-17(15)31-19/h5-12H,4H2,1-3H3,(H,24,27)(H2,25,26,28,30). The van der Waals surface area contributed by atoms with Gasteiger partial charge in [0.25, 0.3) is 11.8 Å². The van der Waals surface area contributed by atoms with Crippen molar-refractivity contribution in [3.63, 3.8) is 0 Å². The monoisotopic (exact) mass is 475 g/mol. The summed E-state index contributed by atoms with van der Waals surface area (Å²) >= 11 is 13.0. The van der Waals surface area contributed by atoms with Gasteiger partial charge in [0.1, 0.15) is 10.6 Å². The van der Waals surface area contributed by atoms with Crippen LogP contribution in [0.4, 0.5) is 5.69 Å². The van der Waals surface area contributed by atoms with Gasteiger partial charge in [-0.15, -0.1) is 11.3 Å². The molecule has 1 atom stereocenters. The first-order valence-electron chi connectivity index (χ1n) is 9.62. The molecule has 31 heavy (non-hydrogen) atoms. The van der Waals surface area contributed by atoms with E-state index in [-0.39, 0.29) is 17.1 Å². The third kappa shape index (κ3) is 5.33. The normalized spacial score (nSPS) is 11.6. The number of thiophene rings is 1. The molecule has 0 fully saturated rings. The summed E-state index contributed by atoms with van der Waals surface area (Å²) in [6.45, 7) is 3.93. The van der Waals surface area contributed by atoms with Gasteiger partial charge in [0.05, 0.1) is 23.4 Å². The fraction of sp³-hybridized carbons (Fsp3) is 0.227. The van der Waals surface area contributed by atoms with Gasteiger partial charge in [0.15, 0.2) is 5.11 Å². The van der Waals surface area contributed by atoms with E-state index in [1.807, 2.05) is 26.0 Å². The summed E-state index contributed by atoms with van der Waals surface area (Å²) < 4.78 is 6.06. The molecule has 1 aromatic heterocycles. The number of benzene rings is 2. The number of fused-ring (bicyclic) bond motifs is 1. The Hall–Kier alpha value is -2.68. The van der Waals surface area contributed by atoms with Crippen LogP contribution in [0, 0.1) is 0 Å². The summed E-state index contributed by atoms with van der Waals surface area (Å²) in [5, 5.41) is 9.69. The van der Waals surface area contributed by atoms with Crippen molar-refractivity contribution >= 4 is 67.9 Å².